The number of aryl methyl sites for hydroxylation is 2. The third-order valence-electron chi connectivity index (χ3n) is 3.36. The van der Waals surface area contributed by atoms with Gasteiger partial charge in [-0.25, -0.2) is 4.90 Å². The molecule has 0 atom stereocenters. The summed E-state index contributed by atoms with van der Waals surface area (Å²) in [6.07, 6.45) is 1.71. The van der Waals surface area contributed by atoms with Crippen LogP contribution in [0.2, 0.25) is 0 Å². The highest BCUT2D eigenvalue weighted by Crippen LogP contribution is 2.29. The molecule has 2 amide bonds. The van der Waals surface area contributed by atoms with Crippen LogP contribution in [0.4, 0.5) is 5.82 Å². The number of imide groups is 1. The van der Waals surface area contributed by atoms with Crippen molar-refractivity contribution in [2.75, 3.05) is 4.90 Å². The Morgan fingerprint density at radius 2 is 1.90 bits per heavy atom. The SMILES string of the molecule is Cc1ccc2c(c1)C(=O)N(c1nn(C)cc1CN)C2=O. The second-order valence-electron chi connectivity index (χ2n) is 4.85. The third kappa shape index (κ3) is 1.65. The number of benzene rings is 1. The van der Waals surface area contributed by atoms with Gasteiger partial charge in [0.2, 0.25) is 0 Å². The van der Waals surface area contributed by atoms with E-state index in [4.69, 9.17) is 5.73 Å². The van der Waals surface area contributed by atoms with E-state index in [1.807, 2.05) is 13.0 Å². The van der Waals surface area contributed by atoms with E-state index in [1.165, 1.54) is 0 Å². The Kier molecular flexibility index (Phi) is 2.69. The molecule has 1 aromatic carbocycles. The number of rotatable bonds is 2. The van der Waals surface area contributed by atoms with Crippen molar-refractivity contribution in [2.45, 2.75) is 13.5 Å². The topological polar surface area (TPSA) is 81.2 Å². The molecule has 0 spiro atoms. The van der Waals surface area contributed by atoms with Crippen molar-refractivity contribution in [3.8, 4) is 0 Å². The summed E-state index contributed by atoms with van der Waals surface area (Å²) in [7, 11) is 1.73. The minimum Gasteiger partial charge on any atom is -0.326 e. The van der Waals surface area contributed by atoms with Crippen LogP contribution in [-0.4, -0.2) is 21.6 Å². The summed E-state index contributed by atoms with van der Waals surface area (Å²) in [5, 5.41) is 4.19. The Labute approximate surface area is 115 Å². The van der Waals surface area contributed by atoms with Crippen molar-refractivity contribution in [3.63, 3.8) is 0 Å². The molecule has 1 aliphatic heterocycles. The average molecular weight is 270 g/mol. The van der Waals surface area contributed by atoms with Crippen LogP contribution in [0.3, 0.4) is 0 Å². The van der Waals surface area contributed by atoms with E-state index in [0.29, 0.717) is 22.5 Å². The zero-order chi connectivity index (χ0) is 14.4. The van der Waals surface area contributed by atoms with Gasteiger partial charge in [0.15, 0.2) is 5.82 Å². The van der Waals surface area contributed by atoms with Gasteiger partial charge in [0.05, 0.1) is 11.1 Å². The normalized spacial score (nSPS) is 14.1. The molecule has 20 heavy (non-hydrogen) atoms. The van der Waals surface area contributed by atoms with Crippen LogP contribution in [-0.2, 0) is 13.6 Å². The number of carbonyl (C=O) groups excluding carboxylic acids is 2. The smallest absolute Gasteiger partial charge is 0.267 e. The van der Waals surface area contributed by atoms with Crippen molar-refractivity contribution in [3.05, 3.63) is 46.6 Å². The van der Waals surface area contributed by atoms with Crippen molar-refractivity contribution in [1.29, 1.82) is 0 Å². The predicted molar refractivity (Wildman–Crippen MR) is 73.4 cm³/mol. The lowest BCUT2D eigenvalue weighted by atomic mass is 10.1. The molecule has 0 unspecified atom stereocenters. The van der Waals surface area contributed by atoms with Gasteiger partial charge in [-0.3, -0.25) is 14.3 Å². The first-order chi connectivity index (χ1) is 9.52. The maximum Gasteiger partial charge on any atom is 0.267 e. The highest BCUT2D eigenvalue weighted by atomic mass is 16.2. The number of hydrogen-bond donors (Lipinski definition) is 1. The second-order valence-corrected chi connectivity index (χ2v) is 4.85. The van der Waals surface area contributed by atoms with Gasteiger partial charge in [0.1, 0.15) is 0 Å². The number of nitrogens with zero attached hydrogens (tertiary/aromatic N) is 3. The zero-order valence-corrected chi connectivity index (χ0v) is 11.3. The van der Waals surface area contributed by atoms with Crippen LogP contribution < -0.4 is 10.6 Å². The lowest BCUT2D eigenvalue weighted by Gasteiger charge is -2.11. The first-order valence-electron chi connectivity index (χ1n) is 6.25. The molecule has 3 rings (SSSR count). The summed E-state index contributed by atoms with van der Waals surface area (Å²) in [5.74, 6) is -0.376. The number of fused-ring (bicyclic) bond motifs is 1. The average Bonchev–Trinajstić information content (AvgIpc) is 2.89. The summed E-state index contributed by atoms with van der Waals surface area (Å²) in [6, 6.07) is 5.21. The summed E-state index contributed by atoms with van der Waals surface area (Å²) in [6.45, 7) is 2.10. The number of hydrogen-bond acceptors (Lipinski definition) is 4. The molecule has 1 aliphatic rings. The van der Waals surface area contributed by atoms with Gasteiger partial charge in [-0.2, -0.15) is 5.10 Å². The third-order valence-corrected chi connectivity index (χ3v) is 3.36. The van der Waals surface area contributed by atoms with Crippen LogP contribution in [0.15, 0.2) is 24.4 Å². The molecule has 0 aliphatic carbocycles. The van der Waals surface area contributed by atoms with Gasteiger partial charge in [0, 0.05) is 25.4 Å². The second kappa shape index (κ2) is 4.28. The maximum atomic E-state index is 12.5. The molecule has 1 aromatic heterocycles. The minimum atomic E-state index is -0.349. The molecule has 0 saturated heterocycles. The molecule has 0 radical (unpaired) electrons. The van der Waals surface area contributed by atoms with Crippen LogP contribution in [0, 0.1) is 6.92 Å². The molecule has 102 valence electrons. The molecule has 2 N–H and O–H groups in total. The van der Waals surface area contributed by atoms with Crippen LogP contribution in [0.1, 0.15) is 31.8 Å². The number of anilines is 1. The number of nitrogens with two attached hydrogens (primary N) is 1. The molecule has 6 heteroatoms. The minimum absolute atomic E-state index is 0.218. The van der Waals surface area contributed by atoms with Gasteiger partial charge in [-0.1, -0.05) is 11.6 Å². The van der Waals surface area contributed by atoms with E-state index in [0.717, 1.165) is 10.5 Å². The van der Waals surface area contributed by atoms with Crippen molar-refractivity contribution < 1.29 is 9.59 Å². The summed E-state index contributed by atoms with van der Waals surface area (Å²) in [4.78, 5) is 26.0. The summed E-state index contributed by atoms with van der Waals surface area (Å²) < 4.78 is 1.55. The standard InChI is InChI=1S/C14H14N4O2/c1-8-3-4-10-11(5-8)14(20)18(13(10)19)12-9(6-15)7-17(2)16-12/h3-5,7H,6,15H2,1-2H3. The van der Waals surface area contributed by atoms with Gasteiger partial charge < -0.3 is 5.73 Å². The number of amides is 2. The van der Waals surface area contributed by atoms with E-state index in [-0.39, 0.29) is 18.4 Å². The quantitative estimate of drug-likeness (QED) is 0.825. The Morgan fingerprint density at radius 1 is 1.20 bits per heavy atom. The summed E-state index contributed by atoms with van der Waals surface area (Å²) in [5.41, 5.74) is 8.08. The molecule has 0 bridgehead atoms. The fraction of sp³-hybridized carbons (Fsp3) is 0.214. The van der Waals surface area contributed by atoms with Gasteiger partial charge >= 0.3 is 0 Å². The highest BCUT2D eigenvalue weighted by Gasteiger charge is 2.38. The molecule has 0 fully saturated rings. The molecular weight excluding hydrogens is 256 g/mol. The van der Waals surface area contributed by atoms with Crippen molar-refractivity contribution >= 4 is 17.6 Å². The first kappa shape index (κ1) is 12.6. The van der Waals surface area contributed by atoms with Gasteiger partial charge in [-0.05, 0) is 19.1 Å². The lowest BCUT2D eigenvalue weighted by molar-refractivity contribution is 0.0924. The Balaban J connectivity index is 2.14. The van der Waals surface area contributed by atoms with Crippen LogP contribution in [0.25, 0.3) is 0 Å². The van der Waals surface area contributed by atoms with Crippen LogP contribution in [0.5, 0.6) is 0 Å². The monoisotopic (exact) mass is 270 g/mol. The van der Waals surface area contributed by atoms with E-state index in [2.05, 4.69) is 5.10 Å². The van der Waals surface area contributed by atoms with E-state index < -0.39 is 0 Å². The molecule has 2 heterocycles. The van der Waals surface area contributed by atoms with Crippen LogP contribution >= 0.6 is 0 Å². The zero-order valence-electron chi connectivity index (χ0n) is 11.3. The Hall–Kier alpha value is -2.47. The number of carbonyl (C=O) groups is 2. The highest BCUT2D eigenvalue weighted by molar-refractivity contribution is 6.34. The van der Waals surface area contributed by atoms with Crippen molar-refractivity contribution in [1.82, 2.24) is 9.78 Å². The Bertz CT molecular complexity index is 733. The van der Waals surface area contributed by atoms with Gasteiger partial charge in [0.25, 0.3) is 11.8 Å². The molecule has 0 saturated carbocycles. The summed E-state index contributed by atoms with van der Waals surface area (Å²) >= 11 is 0. The Morgan fingerprint density at radius 3 is 2.60 bits per heavy atom. The molecular formula is C14H14N4O2. The van der Waals surface area contributed by atoms with E-state index in [9.17, 15) is 9.59 Å². The fourth-order valence-electron chi connectivity index (χ4n) is 2.41. The molecule has 6 nitrogen and oxygen atoms in total. The fourth-order valence-corrected chi connectivity index (χ4v) is 2.41. The van der Waals surface area contributed by atoms with E-state index in [1.54, 1.807) is 30.1 Å². The van der Waals surface area contributed by atoms with Gasteiger partial charge in [-0.15, -0.1) is 0 Å². The number of aromatic nitrogens is 2. The van der Waals surface area contributed by atoms with E-state index >= 15 is 0 Å². The predicted octanol–water partition coefficient (Wildman–Crippen LogP) is 0.988. The van der Waals surface area contributed by atoms with Crippen molar-refractivity contribution in [2.24, 2.45) is 12.8 Å². The maximum absolute atomic E-state index is 12.5. The largest absolute Gasteiger partial charge is 0.326 e. The lowest BCUT2D eigenvalue weighted by Crippen LogP contribution is -2.31. The molecule has 2 aromatic rings. The first-order valence-corrected chi connectivity index (χ1v) is 6.25.